The highest BCUT2D eigenvalue weighted by Crippen LogP contribution is 2.24. The Morgan fingerprint density at radius 1 is 1.32 bits per heavy atom. The highest BCUT2D eigenvalue weighted by molar-refractivity contribution is 6.31. The Labute approximate surface area is 166 Å². The van der Waals surface area contributed by atoms with Gasteiger partial charge in [-0.05, 0) is 31.2 Å². The van der Waals surface area contributed by atoms with Gasteiger partial charge in [0.2, 0.25) is 5.91 Å². The van der Waals surface area contributed by atoms with E-state index < -0.39 is 0 Å². The van der Waals surface area contributed by atoms with Crippen LogP contribution in [0.25, 0.3) is 16.6 Å². The average Bonchev–Trinajstić information content (AvgIpc) is 3.21. The fourth-order valence-electron chi connectivity index (χ4n) is 3.56. The van der Waals surface area contributed by atoms with Crippen molar-refractivity contribution in [1.82, 2.24) is 24.0 Å². The minimum Gasteiger partial charge on any atom is -0.338 e. The fraction of sp³-hybridized carbons (Fsp3) is 0.300. The van der Waals surface area contributed by atoms with Crippen molar-refractivity contribution in [3.63, 3.8) is 0 Å². The number of aromatic nitrogens is 4. The Hall–Kier alpha value is -2.93. The maximum absolute atomic E-state index is 12.5. The first-order valence-corrected chi connectivity index (χ1v) is 9.52. The standard InChI is InChI=1S/C20H20ClN5O2/c1-14-23-20(28)17-12-15(21)2-3-18(17)26(14)16-4-9-25(10-5-16)19(27)6-8-24-11-7-22-13-24/h2-4,7,11-13H,5-6,8-10H2,1H3. The van der Waals surface area contributed by atoms with Crippen LogP contribution in [0.15, 0.2) is 47.8 Å². The van der Waals surface area contributed by atoms with Crippen molar-refractivity contribution in [2.24, 2.45) is 0 Å². The summed E-state index contributed by atoms with van der Waals surface area (Å²) in [6.07, 6.45) is 8.44. The average molecular weight is 398 g/mol. The Morgan fingerprint density at radius 2 is 2.18 bits per heavy atom. The third-order valence-electron chi connectivity index (χ3n) is 4.99. The molecule has 3 heterocycles. The molecule has 8 heteroatoms. The summed E-state index contributed by atoms with van der Waals surface area (Å²) >= 11 is 6.05. The Kier molecular flexibility index (Phi) is 5.00. The number of halogens is 1. The summed E-state index contributed by atoms with van der Waals surface area (Å²) < 4.78 is 3.89. The molecule has 0 fully saturated rings. The highest BCUT2D eigenvalue weighted by Gasteiger charge is 2.20. The first-order chi connectivity index (χ1) is 13.5. The molecule has 0 bridgehead atoms. The zero-order valence-corrected chi connectivity index (χ0v) is 16.3. The van der Waals surface area contributed by atoms with E-state index in [0.717, 1.165) is 11.2 Å². The Morgan fingerprint density at radius 3 is 2.89 bits per heavy atom. The summed E-state index contributed by atoms with van der Waals surface area (Å²) in [6.45, 7) is 3.62. The smallest absolute Gasteiger partial charge is 0.280 e. The molecule has 4 rings (SSSR count). The van der Waals surface area contributed by atoms with Gasteiger partial charge in [-0.1, -0.05) is 11.6 Å². The number of hydrogen-bond acceptors (Lipinski definition) is 4. The lowest BCUT2D eigenvalue weighted by Crippen LogP contribution is -2.36. The number of benzene rings is 1. The lowest BCUT2D eigenvalue weighted by atomic mass is 10.1. The number of rotatable bonds is 4. The molecule has 0 spiro atoms. The maximum Gasteiger partial charge on any atom is 0.280 e. The summed E-state index contributed by atoms with van der Waals surface area (Å²) in [6, 6.07) is 5.27. The summed E-state index contributed by atoms with van der Waals surface area (Å²) in [5.74, 6) is 0.751. The number of carbonyl (C=O) groups excluding carboxylic acids is 1. The number of amides is 1. The van der Waals surface area contributed by atoms with E-state index >= 15 is 0 Å². The molecule has 0 saturated heterocycles. The van der Waals surface area contributed by atoms with Crippen LogP contribution >= 0.6 is 11.6 Å². The van der Waals surface area contributed by atoms with E-state index in [4.69, 9.17) is 11.6 Å². The molecule has 1 aromatic carbocycles. The van der Waals surface area contributed by atoms with E-state index in [1.807, 2.05) is 39.3 Å². The van der Waals surface area contributed by atoms with E-state index in [1.54, 1.807) is 24.7 Å². The first kappa shape index (κ1) is 18.4. The van der Waals surface area contributed by atoms with Crippen molar-refractivity contribution in [2.45, 2.75) is 26.3 Å². The van der Waals surface area contributed by atoms with E-state index in [1.165, 1.54) is 0 Å². The van der Waals surface area contributed by atoms with E-state index in [0.29, 0.717) is 48.7 Å². The van der Waals surface area contributed by atoms with Crippen LogP contribution in [0, 0.1) is 6.92 Å². The third kappa shape index (κ3) is 3.57. The molecule has 144 valence electrons. The van der Waals surface area contributed by atoms with Gasteiger partial charge in [0.05, 0.1) is 17.2 Å². The second-order valence-corrected chi connectivity index (χ2v) is 7.23. The molecular formula is C20H20ClN5O2. The van der Waals surface area contributed by atoms with Gasteiger partial charge in [-0.2, -0.15) is 4.98 Å². The van der Waals surface area contributed by atoms with Crippen LogP contribution in [0.2, 0.25) is 5.02 Å². The first-order valence-electron chi connectivity index (χ1n) is 9.15. The van der Waals surface area contributed by atoms with Crippen LogP contribution in [0.5, 0.6) is 0 Å². The molecule has 28 heavy (non-hydrogen) atoms. The molecule has 0 atom stereocenters. The maximum atomic E-state index is 12.5. The van der Waals surface area contributed by atoms with E-state index in [9.17, 15) is 9.59 Å². The van der Waals surface area contributed by atoms with Gasteiger partial charge in [-0.15, -0.1) is 0 Å². The summed E-state index contributed by atoms with van der Waals surface area (Å²) in [4.78, 5) is 34.7. The zero-order valence-electron chi connectivity index (χ0n) is 15.5. The van der Waals surface area contributed by atoms with Crippen molar-refractivity contribution < 1.29 is 4.79 Å². The monoisotopic (exact) mass is 397 g/mol. The van der Waals surface area contributed by atoms with Gasteiger partial charge in [0, 0.05) is 55.6 Å². The van der Waals surface area contributed by atoms with Crippen LogP contribution in [0.3, 0.4) is 0 Å². The predicted molar refractivity (Wildman–Crippen MR) is 108 cm³/mol. The number of aryl methyl sites for hydroxylation is 2. The highest BCUT2D eigenvalue weighted by atomic mass is 35.5. The van der Waals surface area contributed by atoms with Crippen molar-refractivity contribution in [3.05, 3.63) is 64.2 Å². The number of nitrogens with zero attached hydrogens (tertiary/aromatic N) is 5. The van der Waals surface area contributed by atoms with Crippen LogP contribution in [-0.2, 0) is 11.3 Å². The van der Waals surface area contributed by atoms with Gasteiger partial charge >= 0.3 is 0 Å². The third-order valence-corrected chi connectivity index (χ3v) is 5.22. The Bertz CT molecular complexity index is 1120. The van der Waals surface area contributed by atoms with Gasteiger partial charge in [0.25, 0.3) is 5.56 Å². The van der Waals surface area contributed by atoms with Gasteiger partial charge in [0.1, 0.15) is 5.82 Å². The minimum atomic E-state index is -0.279. The lowest BCUT2D eigenvalue weighted by Gasteiger charge is -2.28. The molecule has 0 aliphatic carbocycles. The SMILES string of the molecule is Cc1nc(=O)c2cc(Cl)ccc2n1C1=CCN(C(=O)CCn2ccnc2)CC1. The quantitative estimate of drug-likeness (QED) is 0.678. The van der Waals surface area contributed by atoms with Gasteiger partial charge in [0.15, 0.2) is 0 Å². The molecule has 0 N–H and O–H groups in total. The fourth-order valence-corrected chi connectivity index (χ4v) is 3.73. The van der Waals surface area contributed by atoms with Gasteiger partial charge in [-0.3, -0.25) is 9.59 Å². The van der Waals surface area contributed by atoms with Crippen LogP contribution < -0.4 is 5.56 Å². The number of imidazole rings is 1. The molecule has 1 aliphatic heterocycles. The topological polar surface area (TPSA) is 73.0 Å². The molecule has 7 nitrogen and oxygen atoms in total. The Balaban J connectivity index is 1.55. The molecule has 2 aromatic heterocycles. The van der Waals surface area contributed by atoms with Gasteiger partial charge in [-0.25, -0.2) is 4.98 Å². The molecule has 1 aliphatic rings. The molecule has 0 radical (unpaired) electrons. The van der Waals surface area contributed by atoms with Crippen molar-refractivity contribution >= 4 is 34.1 Å². The largest absolute Gasteiger partial charge is 0.338 e. The van der Waals surface area contributed by atoms with Crippen LogP contribution in [0.1, 0.15) is 18.7 Å². The lowest BCUT2D eigenvalue weighted by molar-refractivity contribution is -0.131. The van der Waals surface area contributed by atoms with Crippen molar-refractivity contribution in [1.29, 1.82) is 0 Å². The molecule has 1 amide bonds. The summed E-state index contributed by atoms with van der Waals surface area (Å²) in [5, 5.41) is 1.01. The van der Waals surface area contributed by atoms with E-state index in [2.05, 4.69) is 9.97 Å². The number of carbonyl (C=O) groups is 1. The molecular weight excluding hydrogens is 378 g/mol. The molecule has 0 unspecified atom stereocenters. The van der Waals surface area contributed by atoms with Crippen LogP contribution in [-0.4, -0.2) is 43.0 Å². The second kappa shape index (κ2) is 7.59. The second-order valence-electron chi connectivity index (χ2n) is 6.80. The van der Waals surface area contributed by atoms with Crippen LogP contribution in [0.4, 0.5) is 0 Å². The normalized spacial score (nSPS) is 14.4. The van der Waals surface area contributed by atoms with E-state index in [-0.39, 0.29) is 11.5 Å². The van der Waals surface area contributed by atoms with Crippen molar-refractivity contribution in [2.75, 3.05) is 13.1 Å². The predicted octanol–water partition coefficient (Wildman–Crippen LogP) is 2.72. The molecule has 3 aromatic rings. The molecule has 0 saturated carbocycles. The van der Waals surface area contributed by atoms with Crippen molar-refractivity contribution in [3.8, 4) is 0 Å². The summed E-state index contributed by atoms with van der Waals surface area (Å²) in [5.41, 5.74) is 1.54. The number of hydrogen-bond donors (Lipinski definition) is 0. The zero-order chi connectivity index (χ0) is 19.7. The number of fused-ring (bicyclic) bond motifs is 1. The summed E-state index contributed by atoms with van der Waals surface area (Å²) in [7, 11) is 0. The minimum absolute atomic E-state index is 0.121. The van der Waals surface area contributed by atoms with Gasteiger partial charge < -0.3 is 14.0 Å².